The highest BCUT2D eigenvalue weighted by atomic mass is 35.5. The third-order valence-corrected chi connectivity index (χ3v) is 5.31. The maximum atomic E-state index is 12.6. The fraction of sp³-hybridized carbons (Fsp3) is 0.579. The van der Waals surface area contributed by atoms with Crippen LogP contribution in [0, 0.1) is 0 Å². The Morgan fingerprint density at radius 2 is 1.81 bits per heavy atom. The summed E-state index contributed by atoms with van der Waals surface area (Å²) >= 11 is 0. The molecule has 2 amide bonds. The number of hydrogen-bond acceptors (Lipinski definition) is 4. The van der Waals surface area contributed by atoms with Crippen molar-refractivity contribution < 1.29 is 14.3 Å². The molecule has 3 rings (SSSR count). The van der Waals surface area contributed by atoms with E-state index in [1.807, 2.05) is 47.2 Å². The molecule has 7 heteroatoms. The number of ether oxygens (including phenoxy) is 1. The zero-order valence-electron chi connectivity index (χ0n) is 15.2. The third kappa shape index (κ3) is 4.55. The van der Waals surface area contributed by atoms with Crippen LogP contribution in [-0.4, -0.2) is 66.5 Å². The molecular formula is C19H28ClN3O3. The number of rotatable bonds is 4. The molecule has 2 saturated heterocycles. The predicted octanol–water partition coefficient (Wildman–Crippen LogP) is 1.68. The highest BCUT2D eigenvalue weighted by molar-refractivity contribution is 5.94. The highest BCUT2D eigenvalue weighted by Crippen LogP contribution is 2.24. The van der Waals surface area contributed by atoms with Gasteiger partial charge in [0.25, 0.3) is 11.8 Å². The molecule has 2 N–H and O–H groups in total. The average molecular weight is 382 g/mol. The first-order valence-electron chi connectivity index (χ1n) is 9.06. The molecule has 0 saturated carbocycles. The quantitative estimate of drug-likeness (QED) is 0.860. The topological polar surface area (TPSA) is 75.9 Å². The molecule has 6 nitrogen and oxygen atoms in total. The molecule has 0 spiro atoms. The molecule has 0 radical (unpaired) electrons. The SMILES string of the molecule is CN(C(=O)[C@@H]1CC[C@H](CN)O1)C1CCN(C(=O)c2ccccc2)CC1.Cl. The van der Waals surface area contributed by atoms with E-state index < -0.39 is 0 Å². The second kappa shape index (κ2) is 9.35. The van der Waals surface area contributed by atoms with Crippen molar-refractivity contribution in [3.63, 3.8) is 0 Å². The van der Waals surface area contributed by atoms with Gasteiger partial charge in [-0.2, -0.15) is 0 Å². The largest absolute Gasteiger partial charge is 0.364 e. The molecule has 1 aromatic carbocycles. The smallest absolute Gasteiger partial charge is 0.253 e. The normalized spacial score (nSPS) is 23.4. The number of benzene rings is 1. The molecule has 2 heterocycles. The Kier molecular flexibility index (Phi) is 7.43. The lowest BCUT2D eigenvalue weighted by Crippen LogP contribution is -2.49. The first-order valence-corrected chi connectivity index (χ1v) is 9.06. The van der Waals surface area contributed by atoms with E-state index in [1.54, 1.807) is 0 Å². The molecule has 2 atom stereocenters. The van der Waals surface area contributed by atoms with Crippen molar-refractivity contribution in [1.29, 1.82) is 0 Å². The van der Waals surface area contributed by atoms with E-state index in [9.17, 15) is 9.59 Å². The van der Waals surface area contributed by atoms with Gasteiger partial charge in [0.1, 0.15) is 6.10 Å². The molecule has 0 aliphatic carbocycles. The van der Waals surface area contributed by atoms with E-state index in [2.05, 4.69) is 0 Å². The van der Waals surface area contributed by atoms with Gasteiger partial charge in [-0.15, -0.1) is 12.4 Å². The van der Waals surface area contributed by atoms with Crippen molar-refractivity contribution in [2.45, 2.75) is 43.9 Å². The van der Waals surface area contributed by atoms with Gasteiger partial charge in [0.2, 0.25) is 0 Å². The third-order valence-electron chi connectivity index (χ3n) is 5.31. The van der Waals surface area contributed by atoms with Crippen LogP contribution in [-0.2, 0) is 9.53 Å². The van der Waals surface area contributed by atoms with Crippen LogP contribution >= 0.6 is 12.4 Å². The zero-order chi connectivity index (χ0) is 17.8. The Bertz CT molecular complexity index is 605. The van der Waals surface area contributed by atoms with Crippen LogP contribution in [0.25, 0.3) is 0 Å². The summed E-state index contributed by atoms with van der Waals surface area (Å²) in [6.45, 7) is 1.81. The van der Waals surface area contributed by atoms with Crippen LogP contribution in [0.5, 0.6) is 0 Å². The summed E-state index contributed by atoms with van der Waals surface area (Å²) in [7, 11) is 1.85. The molecule has 2 fully saturated rings. The number of carbonyl (C=O) groups is 2. The van der Waals surface area contributed by atoms with Gasteiger partial charge in [-0.1, -0.05) is 18.2 Å². The maximum absolute atomic E-state index is 12.6. The second-order valence-corrected chi connectivity index (χ2v) is 6.90. The van der Waals surface area contributed by atoms with E-state index in [-0.39, 0.29) is 42.5 Å². The van der Waals surface area contributed by atoms with Gasteiger partial charge in [-0.25, -0.2) is 0 Å². The summed E-state index contributed by atoms with van der Waals surface area (Å²) in [5, 5.41) is 0. The summed E-state index contributed by atoms with van der Waals surface area (Å²) < 4.78 is 5.72. The van der Waals surface area contributed by atoms with Crippen LogP contribution in [0.3, 0.4) is 0 Å². The lowest BCUT2D eigenvalue weighted by molar-refractivity contribution is -0.144. The number of nitrogens with zero attached hydrogens (tertiary/aromatic N) is 2. The summed E-state index contributed by atoms with van der Waals surface area (Å²) in [5.41, 5.74) is 6.34. The maximum Gasteiger partial charge on any atom is 0.253 e. The van der Waals surface area contributed by atoms with E-state index in [4.69, 9.17) is 10.5 Å². The van der Waals surface area contributed by atoms with Crippen molar-refractivity contribution in [1.82, 2.24) is 9.80 Å². The van der Waals surface area contributed by atoms with E-state index in [1.165, 1.54) is 0 Å². The van der Waals surface area contributed by atoms with Gasteiger partial charge in [0.15, 0.2) is 0 Å². The molecule has 26 heavy (non-hydrogen) atoms. The van der Waals surface area contributed by atoms with E-state index in [0.717, 1.165) is 31.2 Å². The molecular weight excluding hydrogens is 354 g/mol. The molecule has 0 unspecified atom stereocenters. The number of hydrogen-bond donors (Lipinski definition) is 1. The molecule has 2 aliphatic rings. The molecule has 1 aromatic rings. The minimum absolute atomic E-state index is 0. The number of likely N-dealkylation sites (tertiary alicyclic amines) is 1. The zero-order valence-corrected chi connectivity index (χ0v) is 16.0. The fourth-order valence-corrected chi connectivity index (χ4v) is 3.69. The Morgan fingerprint density at radius 1 is 1.15 bits per heavy atom. The van der Waals surface area contributed by atoms with Crippen molar-refractivity contribution in [3.05, 3.63) is 35.9 Å². The first kappa shape index (κ1) is 20.7. The standard InChI is InChI=1S/C19H27N3O3.ClH/c1-21(19(24)17-8-7-16(13-20)25-17)15-9-11-22(12-10-15)18(23)14-5-3-2-4-6-14;/h2-6,15-17H,7-13,20H2,1H3;1H/t16-,17+;/m1./s1. The fourth-order valence-electron chi connectivity index (χ4n) is 3.69. The molecule has 144 valence electrons. The number of carbonyl (C=O) groups excluding carboxylic acids is 2. The minimum atomic E-state index is -0.359. The summed E-state index contributed by atoms with van der Waals surface area (Å²) in [6, 6.07) is 9.51. The molecule has 2 aliphatic heterocycles. The number of likely N-dealkylation sites (N-methyl/N-ethyl adjacent to an activating group) is 1. The summed E-state index contributed by atoms with van der Waals surface area (Å²) in [5.74, 6) is 0.113. The van der Waals surface area contributed by atoms with E-state index in [0.29, 0.717) is 19.6 Å². The Hall–Kier alpha value is -1.63. The van der Waals surface area contributed by atoms with Crippen molar-refractivity contribution in [3.8, 4) is 0 Å². The summed E-state index contributed by atoms with van der Waals surface area (Å²) in [4.78, 5) is 28.8. The van der Waals surface area contributed by atoms with Gasteiger partial charge >= 0.3 is 0 Å². The second-order valence-electron chi connectivity index (χ2n) is 6.90. The Labute approximate surface area is 161 Å². The number of nitrogens with two attached hydrogens (primary N) is 1. The van der Waals surface area contributed by atoms with Gasteiger partial charge < -0.3 is 20.3 Å². The number of halogens is 1. The van der Waals surface area contributed by atoms with Gasteiger partial charge in [0.05, 0.1) is 6.10 Å². The number of amides is 2. The van der Waals surface area contributed by atoms with Gasteiger partial charge in [-0.3, -0.25) is 9.59 Å². The van der Waals surface area contributed by atoms with Gasteiger partial charge in [-0.05, 0) is 37.8 Å². The predicted molar refractivity (Wildman–Crippen MR) is 102 cm³/mol. The van der Waals surface area contributed by atoms with Crippen LogP contribution in [0.2, 0.25) is 0 Å². The van der Waals surface area contributed by atoms with Gasteiger partial charge in [0, 0.05) is 38.3 Å². The van der Waals surface area contributed by atoms with Crippen LogP contribution < -0.4 is 5.73 Å². The van der Waals surface area contributed by atoms with Crippen LogP contribution in [0.15, 0.2) is 30.3 Å². The Balaban J connectivity index is 0.00000243. The lowest BCUT2D eigenvalue weighted by atomic mass is 10.0. The Morgan fingerprint density at radius 3 is 2.38 bits per heavy atom. The van der Waals surface area contributed by atoms with E-state index >= 15 is 0 Å². The lowest BCUT2D eigenvalue weighted by Gasteiger charge is -2.37. The van der Waals surface area contributed by atoms with Crippen molar-refractivity contribution in [2.75, 3.05) is 26.7 Å². The number of piperidine rings is 1. The summed E-state index contributed by atoms with van der Waals surface area (Å²) in [6.07, 6.45) is 2.85. The first-order chi connectivity index (χ1) is 12.1. The van der Waals surface area contributed by atoms with Crippen molar-refractivity contribution in [2.24, 2.45) is 5.73 Å². The minimum Gasteiger partial charge on any atom is -0.364 e. The molecule has 0 bridgehead atoms. The van der Waals surface area contributed by atoms with Crippen LogP contribution in [0.4, 0.5) is 0 Å². The highest BCUT2D eigenvalue weighted by Gasteiger charge is 2.35. The van der Waals surface area contributed by atoms with Crippen molar-refractivity contribution >= 4 is 24.2 Å². The monoisotopic (exact) mass is 381 g/mol. The molecule has 0 aromatic heterocycles. The average Bonchev–Trinajstić information content (AvgIpc) is 3.16. The van der Waals surface area contributed by atoms with Crippen LogP contribution in [0.1, 0.15) is 36.0 Å².